The molecule has 0 spiro atoms. The molecule has 0 bridgehead atoms. The molecule has 0 unspecified atom stereocenters. The van der Waals surface area contributed by atoms with Crippen molar-refractivity contribution in [3.05, 3.63) is 119 Å². The highest BCUT2D eigenvalue weighted by atomic mass is 14.6. The van der Waals surface area contributed by atoms with Crippen LogP contribution in [-0.4, -0.2) is 0 Å². The largest absolute Gasteiger partial charge is 0.399 e. The van der Waals surface area contributed by atoms with Gasteiger partial charge >= 0.3 is 0 Å². The van der Waals surface area contributed by atoms with E-state index < -0.39 is 0 Å². The second-order valence-corrected chi connectivity index (χ2v) is 7.09. The van der Waals surface area contributed by atoms with E-state index in [9.17, 15) is 0 Å². The van der Waals surface area contributed by atoms with Crippen LogP contribution < -0.4 is 11.5 Å². The minimum absolute atomic E-state index is 0.380. The van der Waals surface area contributed by atoms with Crippen LogP contribution in [0.1, 0.15) is 77.6 Å². The predicted molar refractivity (Wildman–Crippen MR) is 158 cm³/mol. The van der Waals surface area contributed by atoms with E-state index in [1.54, 1.807) is 0 Å². The monoisotopic (exact) mass is 468 g/mol. The molecular formula is C33H44N2. The van der Waals surface area contributed by atoms with Crippen LogP contribution >= 0.6 is 0 Å². The molecule has 4 N–H and O–H groups in total. The van der Waals surface area contributed by atoms with Gasteiger partial charge < -0.3 is 11.5 Å². The summed E-state index contributed by atoms with van der Waals surface area (Å²) in [4.78, 5) is 0. The first kappa shape index (κ1) is 29.5. The molecular weight excluding hydrogens is 424 g/mol. The number of hydrogen-bond acceptors (Lipinski definition) is 2. The van der Waals surface area contributed by atoms with Gasteiger partial charge in [0.05, 0.1) is 5.41 Å². The highest BCUT2D eigenvalue weighted by molar-refractivity contribution is 5.86. The van der Waals surface area contributed by atoms with Crippen molar-refractivity contribution in [3.8, 4) is 11.1 Å². The van der Waals surface area contributed by atoms with Gasteiger partial charge in [-0.15, -0.1) is 0 Å². The third-order valence-corrected chi connectivity index (χ3v) is 5.64. The van der Waals surface area contributed by atoms with Crippen molar-refractivity contribution in [2.75, 3.05) is 11.5 Å². The van der Waals surface area contributed by atoms with Crippen LogP contribution in [0.5, 0.6) is 0 Å². The molecule has 0 heterocycles. The Morgan fingerprint density at radius 3 is 1.00 bits per heavy atom. The second-order valence-electron chi connectivity index (χ2n) is 7.09. The Kier molecular flexibility index (Phi) is 12.4. The van der Waals surface area contributed by atoms with E-state index in [1.807, 2.05) is 79.7 Å². The fourth-order valence-corrected chi connectivity index (χ4v) is 4.49. The van der Waals surface area contributed by atoms with Crippen LogP contribution in [0.15, 0.2) is 97.1 Å². The first-order valence-electron chi connectivity index (χ1n) is 13.1. The van der Waals surface area contributed by atoms with Gasteiger partial charge in [0, 0.05) is 11.4 Å². The van der Waals surface area contributed by atoms with Crippen molar-refractivity contribution in [2.24, 2.45) is 0 Å². The highest BCUT2D eigenvalue weighted by Gasteiger charge is 2.45. The predicted octanol–water partition coefficient (Wildman–Crippen LogP) is 9.32. The molecule has 0 aliphatic heterocycles. The Bertz CT molecular complexity index is 1030. The number of benzene rings is 4. The van der Waals surface area contributed by atoms with E-state index in [0.717, 1.165) is 11.4 Å². The third kappa shape index (κ3) is 5.59. The highest BCUT2D eigenvalue weighted by Crippen LogP contribution is 2.55. The Morgan fingerprint density at radius 2 is 0.686 bits per heavy atom. The first-order chi connectivity index (χ1) is 17.2. The van der Waals surface area contributed by atoms with Gasteiger partial charge in [-0.2, -0.15) is 0 Å². The van der Waals surface area contributed by atoms with Crippen LogP contribution in [0, 0.1) is 0 Å². The van der Waals surface area contributed by atoms with E-state index >= 15 is 0 Å². The number of rotatable bonds is 2. The van der Waals surface area contributed by atoms with Gasteiger partial charge in [0.1, 0.15) is 0 Å². The van der Waals surface area contributed by atoms with Crippen LogP contribution in [0.3, 0.4) is 0 Å². The minimum Gasteiger partial charge on any atom is -0.399 e. The van der Waals surface area contributed by atoms with E-state index in [-0.39, 0.29) is 5.41 Å². The van der Waals surface area contributed by atoms with Crippen molar-refractivity contribution in [3.63, 3.8) is 0 Å². The fraction of sp³-hybridized carbons (Fsp3) is 0.273. The average Bonchev–Trinajstić information content (AvgIpc) is 3.25. The lowest BCUT2D eigenvalue weighted by Crippen LogP contribution is -2.28. The van der Waals surface area contributed by atoms with E-state index in [0.29, 0.717) is 0 Å². The third-order valence-electron chi connectivity index (χ3n) is 5.64. The second kappa shape index (κ2) is 14.7. The van der Waals surface area contributed by atoms with E-state index in [1.165, 1.54) is 33.4 Å². The topological polar surface area (TPSA) is 52.0 Å². The Hall–Kier alpha value is -3.52. The number of nitrogens with two attached hydrogens (primary N) is 2. The minimum atomic E-state index is -0.380. The zero-order valence-corrected chi connectivity index (χ0v) is 22.9. The quantitative estimate of drug-likeness (QED) is 0.254. The van der Waals surface area contributed by atoms with Gasteiger partial charge in [0.15, 0.2) is 0 Å². The van der Waals surface area contributed by atoms with Crippen LogP contribution in [0.25, 0.3) is 11.1 Å². The van der Waals surface area contributed by atoms with Crippen molar-refractivity contribution < 1.29 is 0 Å². The maximum absolute atomic E-state index is 6.00. The molecule has 35 heavy (non-hydrogen) atoms. The number of anilines is 2. The van der Waals surface area contributed by atoms with Gasteiger partial charge in [-0.1, -0.05) is 128 Å². The Labute approximate surface area is 214 Å². The molecule has 1 aliphatic carbocycles. The van der Waals surface area contributed by atoms with Crippen LogP contribution in [0.4, 0.5) is 11.4 Å². The van der Waals surface area contributed by atoms with E-state index in [4.69, 9.17) is 11.5 Å². The molecule has 0 amide bonds. The molecule has 0 saturated heterocycles. The molecule has 0 saturated carbocycles. The molecule has 4 aromatic carbocycles. The molecule has 0 fully saturated rings. The van der Waals surface area contributed by atoms with Gasteiger partial charge in [-0.3, -0.25) is 0 Å². The maximum Gasteiger partial charge on any atom is 0.0713 e. The number of hydrogen-bond donors (Lipinski definition) is 2. The van der Waals surface area contributed by atoms with Gasteiger partial charge in [0.25, 0.3) is 0 Å². The molecule has 0 radical (unpaired) electrons. The summed E-state index contributed by atoms with van der Waals surface area (Å²) in [5.41, 5.74) is 20.7. The number of fused-ring (bicyclic) bond motifs is 3. The van der Waals surface area contributed by atoms with Crippen molar-refractivity contribution in [1.82, 2.24) is 0 Å². The Balaban J connectivity index is 0.000000699. The molecule has 2 nitrogen and oxygen atoms in total. The summed E-state index contributed by atoms with van der Waals surface area (Å²) in [5.74, 6) is 0. The normalized spacial score (nSPS) is 11.3. The molecule has 5 rings (SSSR count). The maximum atomic E-state index is 6.00. The van der Waals surface area contributed by atoms with Gasteiger partial charge in [-0.25, -0.2) is 0 Å². The van der Waals surface area contributed by atoms with Crippen molar-refractivity contribution >= 4 is 11.4 Å². The average molecular weight is 469 g/mol. The molecule has 2 heteroatoms. The summed E-state index contributed by atoms with van der Waals surface area (Å²) in [5, 5.41) is 0. The zero-order chi connectivity index (χ0) is 26.4. The summed E-state index contributed by atoms with van der Waals surface area (Å²) >= 11 is 0. The SMILES string of the molecule is CC.CC.CC.CC.Nc1ccc(C2(c3ccc(N)cc3)c3ccccc3-c3ccccc32)cc1. The first-order valence-corrected chi connectivity index (χ1v) is 13.1. The lowest BCUT2D eigenvalue weighted by molar-refractivity contribution is 0.769. The molecule has 4 aromatic rings. The molecule has 186 valence electrons. The van der Waals surface area contributed by atoms with Crippen LogP contribution in [-0.2, 0) is 5.41 Å². The summed E-state index contributed by atoms with van der Waals surface area (Å²) in [6.45, 7) is 16.0. The van der Waals surface area contributed by atoms with Gasteiger partial charge in [-0.05, 0) is 57.6 Å². The van der Waals surface area contributed by atoms with E-state index in [2.05, 4.69) is 72.8 Å². The summed E-state index contributed by atoms with van der Waals surface area (Å²) < 4.78 is 0. The molecule has 0 aromatic heterocycles. The fourth-order valence-electron chi connectivity index (χ4n) is 4.49. The number of nitrogen functional groups attached to an aromatic ring is 2. The summed E-state index contributed by atoms with van der Waals surface area (Å²) in [6, 6.07) is 33.9. The zero-order valence-electron chi connectivity index (χ0n) is 22.9. The Morgan fingerprint density at radius 1 is 0.400 bits per heavy atom. The lowest BCUT2D eigenvalue weighted by Gasteiger charge is -2.34. The van der Waals surface area contributed by atoms with Crippen molar-refractivity contribution in [1.29, 1.82) is 0 Å². The standard InChI is InChI=1S/C25H20N2.4C2H6/c26-19-13-9-17(10-14-19)25(18-11-15-20(27)16-12-18)23-7-3-1-5-21(23)22-6-2-4-8-24(22)25;4*1-2/h1-16H,26-27H2;4*1-2H3. The molecule has 0 atom stereocenters. The summed E-state index contributed by atoms with van der Waals surface area (Å²) in [6.07, 6.45) is 0. The molecule has 1 aliphatic rings. The lowest BCUT2D eigenvalue weighted by atomic mass is 9.67. The summed E-state index contributed by atoms with van der Waals surface area (Å²) in [7, 11) is 0. The smallest absolute Gasteiger partial charge is 0.0713 e. The van der Waals surface area contributed by atoms with Crippen molar-refractivity contribution in [2.45, 2.75) is 60.8 Å². The van der Waals surface area contributed by atoms with Gasteiger partial charge in [0.2, 0.25) is 0 Å². The van der Waals surface area contributed by atoms with Crippen LogP contribution in [0.2, 0.25) is 0 Å².